The number of nitrogens with one attached hydrogen (secondary N) is 2. The van der Waals surface area contributed by atoms with Crippen molar-refractivity contribution in [3.8, 4) is 0 Å². The van der Waals surface area contributed by atoms with Crippen molar-refractivity contribution in [2.75, 3.05) is 26.3 Å². The molecule has 0 aromatic carbocycles. The van der Waals surface area contributed by atoms with Gasteiger partial charge in [0.15, 0.2) is 0 Å². The molecule has 0 bridgehead atoms. The van der Waals surface area contributed by atoms with Crippen LogP contribution in [0.5, 0.6) is 0 Å². The monoisotopic (exact) mass is 278 g/mol. The van der Waals surface area contributed by atoms with E-state index in [9.17, 15) is 8.42 Å². The number of sulfonamides is 1. The molecule has 1 rings (SSSR count). The fourth-order valence-electron chi connectivity index (χ4n) is 2.01. The van der Waals surface area contributed by atoms with E-state index >= 15 is 0 Å². The van der Waals surface area contributed by atoms with Gasteiger partial charge in [-0.05, 0) is 33.2 Å². The highest BCUT2D eigenvalue weighted by molar-refractivity contribution is 7.90. The Bertz CT molecular complexity index is 326. The molecular formula is C12H26N2O3S. The predicted octanol–water partition coefficient (Wildman–Crippen LogP) is 0.719. The molecule has 0 aliphatic carbocycles. The Balaban J connectivity index is 2.41. The Kier molecular flexibility index (Phi) is 6.55. The van der Waals surface area contributed by atoms with Crippen molar-refractivity contribution in [2.45, 2.75) is 44.9 Å². The van der Waals surface area contributed by atoms with Gasteiger partial charge in [-0.2, -0.15) is 0 Å². The van der Waals surface area contributed by atoms with Crippen LogP contribution in [0.25, 0.3) is 0 Å². The third-order valence-corrected chi connectivity index (χ3v) is 5.34. The highest BCUT2D eigenvalue weighted by atomic mass is 32.2. The average Bonchev–Trinajstić information content (AvgIpc) is 2.82. The summed E-state index contributed by atoms with van der Waals surface area (Å²) >= 11 is 0. The van der Waals surface area contributed by atoms with Crippen LogP contribution in [0.4, 0.5) is 0 Å². The second-order valence-corrected chi connectivity index (χ2v) is 7.22. The van der Waals surface area contributed by atoms with E-state index in [0.29, 0.717) is 19.1 Å². The topological polar surface area (TPSA) is 67.4 Å². The largest absolute Gasteiger partial charge is 0.381 e. The number of hydrogen-bond donors (Lipinski definition) is 2. The van der Waals surface area contributed by atoms with Crippen molar-refractivity contribution in [2.24, 2.45) is 5.92 Å². The zero-order valence-corrected chi connectivity index (χ0v) is 12.4. The molecule has 0 aromatic heterocycles. The number of rotatable bonds is 8. The van der Waals surface area contributed by atoms with Gasteiger partial charge in [0.1, 0.15) is 0 Å². The molecule has 1 saturated heterocycles. The van der Waals surface area contributed by atoms with E-state index in [-0.39, 0.29) is 6.04 Å². The highest BCUT2D eigenvalue weighted by Crippen LogP contribution is 2.17. The summed E-state index contributed by atoms with van der Waals surface area (Å²) in [6.07, 6.45) is 1.95. The molecule has 0 spiro atoms. The number of hydrogen-bond acceptors (Lipinski definition) is 4. The normalized spacial score (nSPS) is 24.1. The van der Waals surface area contributed by atoms with Crippen LogP contribution in [-0.2, 0) is 14.8 Å². The van der Waals surface area contributed by atoms with E-state index in [4.69, 9.17) is 4.74 Å². The fourth-order valence-corrected chi connectivity index (χ4v) is 3.29. The Morgan fingerprint density at radius 1 is 1.39 bits per heavy atom. The fraction of sp³-hybridized carbons (Fsp3) is 1.00. The Morgan fingerprint density at radius 3 is 2.67 bits per heavy atom. The van der Waals surface area contributed by atoms with E-state index in [1.807, 2.05) is 6.92 Å². The molecule has 2 N–H and O–H groups in total. The summed E-state index contributed by atoms with van der Waals surface area (Å²) in [7, 11) is -3.25. The maximum Gasteiger partial charge on any atom is 0.215 e. The molecule has 1 heterocycles. The summed E-state index contributed by atoms with van der Waals surface area (Å²) in [6.45, 7) is 8.47. The molecule has 108 valence electrons. The van der Waals surface area contributed by atoms with Gasteiger partial charge >= 0.3 is 0 Å². The molecule has 0 amide bonds. The summed E-state index contributed by atoms with van der Waals surface area (Å²) in [5, 5.41) is 2.73. The second-order valence-electron chi connectivity index (χ2n) is 5.09. The minimum absolute atomic E-state index is 0.0499. The van der Waals surface area contributed by atoms with Crippen LogP contribution in [0.2, 0.25) is 0 Å². The van der Waals surface area contributed by atoms with E-state index < -0.39 is 15.3 Å². The molecule has 3 atom stereocenters. The van der Waals surface area contributed by atoms with Gasteiger partial charge < -0.3 is 10.1 Å². The maximum atomic E-state index is 12.1. The van der Waals surface area contributed by atoms with E-state index in [0.717, 1.165) is 26.0 Å². The van der Waals surface area contributed by atoms with Gasteiger partial charge in [0.25, 0.3) is 0 Å². The SMILES string of the molecule is CCCNCC(C)S(=O)(=O)NC(C)C1CCOC1. The number of ether oxygens (including phenoxy) is 1. The molecule has 6 heteroatoms. The van der Waals surface area contributed by atoms with Gasteiger partial charge in [0.05, 0.1) is 11.9 Å². The van der Waals surface area contributed by atoms with Gasteiger partial charge in [0, 0.05) is 25.1 Å². The standard InChI is InChI=1S/C12H26N2O3S/c1-4-6-13-8-10(2)18(15,16)14-11(3)12-5-7-17-9-12/h10-14H,4-9H2,1-3H3. The first kappa shape index (κ1) is 15.9. The van der Waals surface area contributed by atoms with Crippen LogP contribution in [0, 0.1) is 5.92 Å². The van der Waals surface area contributed by atoms with Crippen LogP contribution in [0.3, 0.4) is 0 Å². The lowest BCUT2D eigenvalue weighted by Gasteiger charge is -2.22. The summed E-state index contributed by atoms with van der Waals surface area (Å²) < 4.78 is 32.3. The molecule has 1 fully saturated rings. The van der Waals surface area contributed by atoms with Crippen molar-refractivity contribution >= 4 is 10.0 Å². The smallest absolute Gasteiger partial charge is 0.215 e. The summed E-state index contributed by atoms with van der Waals surface area (Å²) in [5.41, 5.74) is 0. The van der Waals surface area contributed by atoms with Gasteiger partial charge in [-0.1, -0.05) is 6.92 Å². The van der Waals surface area contributed by atoms with Gasteiger partial charge in [-0.25, -0.2) is 13.1 Å². The molecule has 3 unspecified atom stereocenters. The first-order chi connectivity index (χ1) is 8.47. The van der Waals surface area contributed by atoms with Crippen molar-refractivity contribution in [1.82, 2.24) is 10.0 Å². The predicted molar refractivity (Wildman–Crippen MR) is 73.1 cm³/mol. The van der Waals surface area contributed by atoms with Crippen molar-refractivity contribution < 1.29 is 13.2 Å². The maximum absolute atomic E-state index is 12.1. The van der Waals surface area contributed by atoms with E-state index in [1.54, 1.807) is 6.92 Å². The van der Waals surface area contributed by atoms with Crippen LogP contribution in [0.15, 0.2) is 0 Å². The minimum Gasteiger partial charge on any atom is -0.381 e. The lowest BCUT2D eigenvalue weighted by Crippen LogP contribution is -2.45. The first-order valence-corrected chi connectivity index (χ1v) is 8.31. The third-order valence-electron chi connectivity index (χ3n) is 3.41. The molecule has 1 aliphatic heterocycles. The lowest BCUT2D eigenvalue weighted by atomic mass is 10.0. The third kappa shape index (κ3) is 4.84. The Hall–Kier alpha value is -0.170. The minimum atomic E-state index is -3.25. The van der Waals surface area contributed by atoms with E-state index in [1.165, 1.54) is 0 Å². The van der Waals surface area contributed by atoms with Gasteiger partial charge in [0.2, 0.25) is 10.0 Å². The quantitative estimate of drug-likeness (QED) is 0.642. The second kappa shape index (κ2) is 7.43. The molecular weight excluding hydrogens is 252 g/mol. The summed E-state index contributed by atoms with van der Waals surface area (Å²) in [6, 6.07) is -0.0499. The van der Waals surface area contributed by atoms with Gasteiger partial charge in [-0.15, -0.1) is 0 Å². The first-order valence-electron chi connectivity index (χ1n) is 6.77. The van der Waals surface area contributed by atoms with Crippen LogP contribution in [0.1, 0.15) is 33.6 Å². The van der Waals surface area contributed by atoms with Crippen LogP contribution >= 0.6 is 0 Å². The molecule has 1 aliphatic rings. The lowest BCUT2D eigenvalue weighted by molar-refractivity contribution is 0.180. The van der Waals surface area contributed by atoms with Crippen LogP contribution in [-0.4, -0.2) is 46.0 Å². The molecule has 18 heavy (non-hydrogen) atoms. The van der Waals surface area contributed by atoms with Crippen molar-refractivity contribution in [1.29, 1.82) is 0 Å². The highest BCUT2D eigenvalue weighted by Gasteiger charge is 2.28. The summed E-state index contributed by atoms with van der Waals surface area (Å²) in [4.78, 5) is 0. The zero-order chi connectivity index (χ0) is 13.6. The average molecular weight is 278 g/mol. The molecule has 0 saturated carbocycles. The summed E-state index contributed by atoms with van der Waals surface area (Å²) in [5.74, 6) is 0.301. The van der Waals surface area contributed by atoms with E-state index in [2.05, 4.69) is 17.0 Å². The molecule has 5 nitrogen and oxygen atoms in total. The zero-order valence-electron chi connectivity index (χ0n) is 11.6. The Morgan fingerprint density at radius 2 is 2.11 bits per heavy atom. The van der Waals surface area contributed by atoms with Crippen molar-refractivity contribution in [3.63, 3.8) is 0 Å². The Labute approximate surface area is 111 Å². The molecule has 0 radical (unpaired) electrons. The van der Waals surface area contributed by atoms with Crippen molar-refractivity contribution in [3.05, 3.63) is 0 Å². The van der Waals surface area contributed by atoms with Gasteiger partial charge in [-0.3, -0.25) is 0 Å². The van der Waals surface area contributed by atoms with Crippen LogP contribution < -0.4 is 10.0 Å². The molecule has 0 aromatic rings.